The van der Waals surface area contributed by atoms with E-state index in [1.54, 1.807) is 31.4 Å². The summed E-state index contributed by atoms with van der Waals surface area (Å²) in [7, 11) is 1.66. The maximum atomic E-state index is 12.0. The van der Waals surface area contributed by atoms with Gasteiger partial charge in [0, 0.05) is 24.9 Å². The Morgan fingerprint density at radius 2 is 1.75 bits per heavy atom. The van der Waals surface area contributed by atoms with Crippen molar-refractivity contribution in [3.8, 4) is 0 Å². The first-order valence-electron chi connectivity index (χ1n) is 6.40. The van der Waals surface area contributed by atoms with Gasteiger partial charge < -0.3 is 15.8 Å². The lowest BCUT2D eigenvalue weighted by Gasteiger charge is -2.10. The van der Waals surface area contributed by atoms with E-state index in [1.165, 1.54) is 0 Å². The zero-order valence-corrected chi connectivity index (χ0v) is 11.4. The summed E-state index contributed by atoms with van der Waals surface area (Å²) in [5, 5.41) is 2.90. The number of nitrogen functional groups attached to an aromatic ring is 1. The van der Waals surface area contributed by atoms with E-state index < -0.39 is 0 Å². The number of ether oxygens (including phenoxy) is 1. The first-order chi connectivity index (χ1) is 9.70. The number of benzene rings is 2. The van der Waals surface area contributed by atoms with Gasteiger partial charge in [0.15, 0.2) is 0 Å². The molecule has 2 aromatic carbocycles. The first-order valence-corrected chi connectivity index (χ1v) is 6.40. The van der Waals surface area contributed by atoms with Crippen molar-refractivity contribution in [3.63, 3.8) is 0 Å². The molecule has 0 heterocycles. The van der Waals surface area contributed by atoms with E-state index in [2.05, 4.69) is 5.32 Å². The predicted molar refractivity (Wildman–Crippen MR) is 79.2 cm³/mol. The second-order valence-electron chi connectivity index (χ2n) is 4.51. The molecule has 0 saturated carbocycles. The summed E-state index contributed by atoms with van der Waals surface area (Å²) >= 11 is 0. The fourth-order valence-corrected chi connectivity index (χ4v) is 1.94. The lowest BCUT2D eigenvalue weighted by Crippen LogP contribution is -2.23. The quantitative estimate of drug-likeness (QED) is 0.820. The highest BCUT2D eigenvalue weighted by molar-refractivity contribution is 5.94. The molecule has 1 amide bonds. The smallest absolute Gasteiger partial charge is 0.251 e. The van der Waals surface area contributed by atoms with Gasteiger partial charge in [-0.1, -0.05) is 24.3 Å². The number of nitrogens with one attached hydrogen (secondary N) is 1. The van der Waals surface area contributed by atoms with E-state index in [0.717, 1.165) is 11.1 Å². The van der Waals surface area contributed by atoms with E-state index in [9.17, 15) is 4.79 Å². The number of amides is 1. The molecule has 0 spiro atoms. The van der Waals surface area contributed by atoms with Crippen molar-refractivity contribution in [3.05, 3.63) is 65.2 Å². The minimum Gasteiger partial charge on any atom is -0.399 e. The zero-order valence-electron chi connectivity index (χ0n) is 11.4. The number of anilines is 1. The lowest BCUT2D eigenvalue weighted by atomic mass is 10.1. The predicted octanol–water partition coefficient (Wildman–Crippen LogP) is 2.35. The maximum Gasteiger partial charge on any atom is 0.251 e. The van der Waals surface area contributed by atoms with Crippen LogP contribution in [0.3, 0.4) is 0 Å². The Labute approximate surface area is 118 Å². The standard InChI is InChI=1S/C16H18N2O2/c1-20-11-14-5-3-2-4-13(14)10-18-16(19)12-6-8-15(17)9-7-12/h2-9H,10-11,17H2,1H3,(H,18,19). The molecular weight excluding hydrogens is 252 g/mol. The topological polar surface area (TPSA) is 64.3 Å². The van der Waals surface area contributed by atoms with Gasteiger partial charge in [-0.3, -0.25) is 4.79 Å². The molecule has 0 unspecified atom stereocenters. The summed E-state index contributed by atoms with van der Waals surface area (Å²) in [6.45, 7) is 1.01. The third kappa shape index (κ3) is 3.59. The summed E-state index contributed by atoms with van der Waals surface area (Å²) < 4.78 is 5.15. The van der Waals surface area contributed by atoms with E-state index in [-0.39, 0.29) is 5.91 Å². The molecule has 3 N–H and O–H groups in total. The van der Waals surface area contributed by atoms with Crippen molar-refractivity contribution in [2.24, 2.45) is 0 Å². The Hall–Kier alpha value is -2.33. The fraction of sp³-hybridized carbons (Fsp3) is 0.188. The van der Waals surface area contributed by atoms with Gasteiger partial charge in [-0.2, -0.15) is 0 Å². The van der Waals surface area contributed by atoms with E-state index in [1.807, 2.05) is 24.3 Å². The second-order valence-corrected chi connectivity index (χ2v) is 4.51. The third-order valence-corrected chi connectivity index (χ3v) is 3.03. The molecule has 4 heteroatoms. The van der Waals surface area contributed by atoms with Crippen LogP contribution in [0.25, 0.3) is 0 Å². The molecule has 104 valence electrons. The van der Waals surface area contributed by atoms with E-state index in [0.29, 0.717) is 24.4 Å². The van der Waals surface area contributed by atoms with Gasteiger partial charge in [-0.15, -0.1) is 0 Å². The SMILES string of the molecule is COCc1ccccc1CNC(=O)c1ccc(N)cc1. The van der Waals surface area contributed by atoms with Crippen molar-refractivity contribution in [2.75, 3.05) is 12.8 Å². The summed E-state index contributed by atoms with van der Waals surface area (Å²) in [6, 6.07) is 14.7. The summed E-state index contributed by atoms with van der Waals surface area (Å²) in [5.74, 6) is -0.114. The van der Waals surface area contributed by atoms with Crippen LogP contribution in [-0.2, 0) is 17.9 Å². The van der Waals surface area contributed by atoms with Crippen molar-refractivity contribution in [2.45, 2.75) is 13.2 Å². The van der Waals surface area contributed by atoms with Crippen LogP contribution in [0, 0.1) is 0 Å². The average molecular weight is 270 g/mol. The number of nitrogens with two attached hydrogens (primary N) is 1. The third-order valence-electron chi connectivity index (χ3n) is 3.03. The molecule has 2 aromatic rings. The minimum absolute atomic E-state index is 0.114. The number of rotatable bonds is 5. The highest BCUT2D eigenvalue weighted by atomic mass is 16.5. The minimum atomic E-state index is -0.114. The lowest BCUT2D eigenvalue weighted by molar-refractivity contribution is 0.0950. The van der Waals surface area contributed by atoms with Gasteiger partial charge in [0.2, 0.25) is 0 Å². The summed E-state index contributed by atoms with van der Waals surface area (Å²) in [5.41, 5.74) is 8.98. The van der Waals surface area contributed by atoms with Crippen molar-refractivity contribution in [1.82, 2.24) is 5.32 Å². The molecule has 0 aliphatic heterocycles. The van der Waals surface area contributed by atoms with Crippen LogP contribution in [0.15, 0.2) is 48.5 Å². The average Bonchev–Trinajstić information content (AvgIpc) is 2.47. The zero-order chi connectivity index (χ0) is 14.4. The van der Waals surface area contributed by atoms with Crippen molar-refractivity contribution < 1.29 is 9.53 Å². The van der Waals surface area contributed by atoms with Crippen LogP contribution in [0.4, 0.5) is 5.69 Å². The molecule has 0 fully saturated rings. The van der Waals surface area contributed by atoms with Gasteiger partial charge in [0.25, 0.3) is 5.91 Å². The number of hydrogen-bond donors (Lipinski definition) is 2. The number of carbonyl (C=O) groups excluding carboxylic acids is 1. The van der Waals surface area contributed by atoms with Crippen LogP contribution in [0.2, 0.25) is 0 Å². The fourth-order valence-electron chi connectivity index (χ4n) is 1.94. The van der Waals surface area contributed by atoms with Gasteiger partial charge in [-0.25, -0.2) is 0 Å². The van der Waals surface area contributed by atoms with Crippen LogP contribution < -0.4 is 11.1 Å². The molecule has 0 saturated heterocycles. The molecule has 0 aromatic heterocycles. The molecule has 2 rings (SSSR count). The number of methoxy groups -OCH3 is 1. The van der Waals surface area contributed by atoms with Gasteiger partial charge in [-0.05, 0) is 35.4 Å². The van der Waals surface area contributed by atoms with Crippen molar-refractivity contribution >= 4 is 11.6 Å². The van der Waals surface area contributed by atoms with E-state index >= 15 is 0 Å². The molecule has 0 aliphatic rings. The molecular formula is C16H18N2O2. The Balaban J connectivity index is 2.01. The second kappa shape index (κ2) is 6.73. The maximum absolute atomic E-state index is 12.0. The highest BCUT2D eigenvalue weighted by Gasteiger charge is 2.06. The molecule has 4 nitrogen and oxygen atoms in total. The summed E-state index contributed by atoms with van der Waals surface area (Å²) in [4.78, 5) is 12.0. The Morgan fingerprint density at radius 1 is 1.10 bits per heavy atom. The van der Waals surface area contributed by atoms with Gasteiger partial charge in [0.1, 0.15) is 0 Å². The summed E-state index contributed by atoms with van der Waals surface area (Å²) in [6.07, 6.45) is 0. The first kappa shape index (κ1) is 14.1. The highest BCUT2D eigenvalue weighted by Crippen LogP contribution is 2.10. The Bertz CT molecular complexity index is 579. The normalized spacial score (nSPS) is 10.2. The van der Waals surface area contributed by atoms with Crippen LogP contribution >= 0.6 is 0 Å². The molecule has 20 heavy (non-hydrogen) atoms. The monoisotopic (exact) mass is 270 g/mol. The van der Waals surface area contributed by atoms with Crippen LogP contribution in [-0.4, -0.2) is 13.0 Å². The molecule has 0 radical (unpaired) electrons. The molecule has 0 bridgehead atoms. The molecule has 0 aliphatic carbocycles. The Morgan fingerprint density at radius 3 is 2.40 bits per heavy atom. The number of hydrogen-bond acceptors (Lipinski definition) is 3. The van der Waals surface area contributed by atoms with Crippen LogP contribution in [0.1, 0.15) is 21.5 Å². The van der Waals surface area contributed by atoms with Gasteiger partial charge in [0.05, 0.1) is 6.61 Å². The van der Waals surface area contributed by atoms with Crippen molar-refractivity contribution in [1.29, 1.82) is 0 Å². The Kier molecular flexibility index (Phi) is 4.74. The molecule has 0 atom stereocenters. The van der Waals surface area contributed by atoms with Gasteiger partial charge >= 0.3 is 0 Å². The van der Waals surface area contributed by atoms with E-state index in [4.69, 9.17) is 10.5 Å². The largest absolute Gasteiger partial charge is 0.399 e. The number of carbonyl (C=O) groups is 1. The van der Waals surface area contributed by atoms with Crippen LogP contribution in [0.5, 0.6) is 0 Å².